The van der Waals surface area contributed by atoms with Gasteiger partial charge in [-0.2, -0.15) is 0 Å². The predicted molar refractivity (Wildman–Crippen MR) is 112 cm³/mol. The van der Waals surface area contributed by atoms with Crippen molar-refractivity contribution in [3.63, 3.8) is 0 Å². The Bertz CT molecular complexity index is 775. The molecule has 0 saturated carbocycles. The van der Waals surface area contributed by atoms with Crippen molar-refractivity contribution < 1.29 is 33.5 Å². The molecule has 7 nitrogen and oxygen atoms in total. The molecular weight excluding hydrogens is 387 g/mol. The van der Waals surface area contributed by atoms with Gasteiger partial charge in [-0.05, 0) is 24.5 Å². The lowest BCUT2D eigenvalue weighted by Gasteiger charge is -2.29. The van der Waals surface area contributed by atoms with Crippen molar-refractivity contribution >= 4 is 24.8 Å². The van der Waals surface area contributed by atoms with E-state index in [9.17, 15) is 19.4 Å². The molecular formula is C22H31BO7. The highest BCUT2D eigenvalue weighted by atomic mass is 16.7. The average molecular weight is 418 g/mol. The molecule has 1 aromatic rings. The highest BCUT2D eigenvalue weighted by molar-refractivity contribution is 6.47. The summed E-state index contributed by atoms with van der Waals surface area (Å²) in [5.41, 5.74) is 0.875. The minimum atomic E-state index is -1.19. The second-order valence-electron chi connectivity index (χ2n) is 8.37. The van der Waals surface area contributed by atoms with E-state index in [2.05, 4.69) is 0 Å². The number of ether oxygens (including phenoxy) is 2. The minimum absolute atomic E-state index is 0.0795. The number of hydrogen-bond acceptors (Lipinski definition) is 7. The standard InChI is InChI=1S/C22H31BO7/c1-6-8-17(24)12-16-11-15-9-7-10-18(19(15)30-23(16)27)21(26)29-22(14(4)5)28-20(25)13(2)3/h7,9-10,13-14,16,22,27H,6,8,11-12H2,1-5H3/t16-,22?/m1/s1. The first-order valence-corrected chi connectivity index (χ1v) is 10.5. The lowest BCUT2D eigenvalue weighted by atomic mass is 9.64. The Morgan fingerprint density at radius 1 is 1.20 bits per heavy atom. The Morgan fingerprint density at radius 3 is 2.50 bits per heavy atom. The summed E-state index contributed by atoms with van der Waals surface area (Å²) in [5, 5.41) is 10.4. The maximum absolute atomic E-state index is 12.8. The Morgan fingerprint density at radius 2 is 1.90 bits per heavy atom. The number of benzene rings is 1. The second-order valence-corrected chi connectivity index (χ2v) is 8.37. The van der Waals surface area contributed by atoms with Crippen molar-refractivity contribution in [3.8, 4) is 5.75 Å². The van der Waals surface area contributed by atoms with Crippen LogP contribution in [-0.2, 0) is 25.5 Å². The van der Waals surface area contributed by atoms with Gasteiger partial charge in [0.2, 0.25) is 6.29 Å². The number of hydrogen-bond donors (Lipinski definition) is 1. The molecule has 2 rings (SSSR count). The van der Waals surface area contributed by atoms with E-state index in [-0.39, 0.29) is 41.2 Å². The molecule has 0 saturated heterocycles. The van der Waals surface area contributed by atoms with Gasteiger partial charge in [0.1, 0.15) is 17.1 Å². The Labute approximate surface area is 178 Å². The number of fused-ring (bicyclic) bond motifs is 1. The highest BCUT2D eigenvalue weighted by Gasteiger charge is 2.38. The SMILES string of the molecule is CCCC(=O)C[C@H]1Cc2cccc(C(=O)OC(OC(=O)C(C)C)C(C)C)c2OB1O. The van der Waals surface area contributed by atoms with Gasteiger partial charge in [-0.15, -0.1) is 0 Å². The Balaban J connectivity index is 2.17. The number of para-hydroxylation sites is 1. The lowest BCUT2D eigenvalue weighted by molar-refractivity contribution is -0.179. The van der Waals surface area contributed by atoms with Crippen molar-refractivity contribution in [1.29, 1.82) is 0 Å². The number of carbonyl (C=O) groups is 3. The van der Waals surface area contributed by atoms with Crippen molar-refractivity contribution in [1.82, 2.24) is 0 Å². The molecule has 1 aliphatic rings. The monoisotopic (exact) mass is 418 g/mol. The van der Waals surface area contributed by atoms with Crippen molar-refractivity contribution in [2.45, 2.75) is 72.4 Å². The van der Waals surface area contributed by atoms with Crippen LogP contribution >= 0.6 is 0 Å². The summed E-state index contributed by atoms with van der Waals surface area (Å²) in [6.07, 6.45) is 0.838. The fourth-order valence-electron chi connectivity index (χ4n) is 3.21. The minimum Gasteiger partial charge on any atom is -0.535 e. The fraction of sp³-hybridized carbons (Fsp3) is 0.591. The van der Waals surface area contributed by atoms with Gasteiger partial charge in [0.15, 0.2) is 0 Å². The van der Waals surface area contributed by atoms with Crippen LogP contribution in [0.3, 0.4) is 0 Å². The van der Waals surface area contributed by atoms with Crippen LogP contribution in [-0.4, -0.2) is 36.2 Å². The third-order valence-electron chi connectivity index (χ3n) is 4.93. The summed E-state index contributed by atoms with van der Waals surface area (Å²) >= 11 is 0. The number of rotatable bonds is 9. The molecule has 164 valence electrons. The first-order chi connectivity index (χ1) is 14.1. The Hall–Kier alpha value is -2.35. The summed E-state index contributed by atoms with van der Waals surface area (Å²) in [6, 6.07) is 5.04. The predicted octanol–water partition coefficient (Wildman–Crippen LogP) is 3.57. The number of Topliss-reactive ketones (excluding diaryl/α,β-unsaturated/α-hetero) is 1. The van der Waals surface area contributed by atoms with Crippen molar-refractivity contribution in [2.75, 3.05) is 0 Å². The maximum atomic E-state index is 12.8. The van der Waals surface area contributed by atoms with E-state index in [1.54, 1.807) is 39.8 Å². The maximum Gasteiger partial charge on any atom is 0.526 e. The topological polar surface area (TPSA) is 99.1 Å². The van der Waals surface area contributed by atoms with Gasteiger partial charge in [0, 0.05) is 24.6 Å². The van der Waals surface area contributed by atoms with Gasteiger partial charge in [-0.3, -0.25) is 9.59 Å². The molecule has 0 aromatic heterocycles. The van der Waals surface area contributed by atoms with Crippen LogP contribution in [0.25, 0.3) is 0 Å². The van der Waals surface area contributed by atoms with Gasteiger partial charge < -0.3 is 19.2 Å². The van der Waals surface area contributed by atoms with Crippen molar-refractivity contribution in [2.24, 2.45) is 11.8 Å². The largest absolute Gasteiger partial charge is 0.535 e. The molecule has 1 unspecified atom stereocenters. The molecule has 1 heterocycles. The van der Waals surface area contributed by atoms with Gasteiger partial charge in [0.05, 0.1) is 5.92 Å². The third-order valence-corrected chi connectivity index (χ3v) is 4.93. The van der Waals surface area contributed by atoms with Crippen molar-refractivity contribution in [3.05, 3.63) is 29.3 Å². The van der Waals surface area contributed by atoms with Crippen LogP contribution in [0.5, 0.6) is 5.75 Å². The first-order valence-electron chi connectivity index (χ1n) is 10.5. The zero-order valence-corrected chi connectivity index (χ0v) is 18.3. The van der Waals surface area contributed by atoms with E-state index in [1.165, 1.54) is 6.07 Å². The van der Waals surface area contributed by atoms with Crippen LogP contribution in [0.4, 0.5) is 0 Å². The molecule has 1 aromatic carbocycles. The fourth-order valence-corrected chi connectivity index (χ4v) is 3.21. The van der Waals surface area contributed by atoms with E-state index in [1.807, 2.05) is 6.92 Å². The molecule has 0 amide bonds. The molecule has 0 radical (unpaired) electrons. The van der Waals surface area contributed by atoms with E-state index in [0.29, 0.717) is 12.8 Å². The van der Waals surface area contributed by atoms with Gasteiger partial charge >= 0.3 is 19.1 Å². The van der Waals surface area contributed by atoms with Crippen LogP contribution in [0, 0.1) is 11.8 Å². The first kappa shape index (κ1) is 23.9. The molecule has 2 atom stereocenters. The van der Waals surface area contributed by atoms with Gasteiger partial charge in [-0.25, -0.2) is 4.79 Å². The van der Waals surface area contributed by atoms with Crippen LogP contribution < -0.4 is 4.65 Å². The summed E-state index contributed by atoms with van der Waals surface area (Å²) in [7, 11) is -1.19. The normalized spacial score (nSPS) is 16.7. The number of carbonyl (C=O) groups excluding carboxylic acids is 3. The summed E-state index contributed by atoms with van der Waals surface area (Å²) < 4.78 is 16.4. The molecule has 30 heavy (non-hydrogen) atoms. The molecule has 0 aliphatic carbocycles. The van der Waals surface area contributed by atoms with Crippen LogP contribution in [0.2, 0.25) is 5.82 Å². The smallest absolute Gasteiger partial charge is 0.526 e. The Kier molecular flexibility index (Phi) is 8.47. The summed E-state index contributed by atoms with van der Waals surface area (Å²) in [5.74, 6) is -1.78. The molecule has 0 spiro atoms. The highest BCUT2D eigenvalue weighted by Crippen LogP contribution is 2.37. The van der Waals surface area contributed by atoms with E-state index < -0.39 is 25.3 Å². The molecule has 8 heteroatoms. The van der Waals surface area contributed by atoms with Gasteiger partial charge in [-0.1, -0.05) is 46.8 Å². The number of ketones is 1. The summed E-state index contributed by atoms with van der Waals surface area (Å²) in [6.45, 7) is 8.90. The zero-order valence-electron chi connectivity index (χ0n) is 18.3. The third kappa shape index (κ3) is 6.08. The molecule has 1 N–H and O–H groups in total. The van der Waals surface area contributed by atoms with Gasteiger partial charge in [0.25, 0.3) is 0 Å². The average Bonchev–Trinajstić information content (AvgIpc) is 2.67. The van der Waals surface area contributed by atoms with E-state index in [4.69, 9.17) is 14.1 Å². The van der Waals surface area contributed by atoms with E-state index in [0.717, 1.165) is 12.0 Å². The molecule has 0 fully saturated rings. The van der Waals surface area contributed by atoms with Crippen LogP contribution in [0.1, 0.15) is 69.8 Å². The summed E-state index contributed by atoms with van der Waals surface area (Å²) in [4.78, 5) is 36.7. The van der Waals surface area contributed by atoms with E-state index >= 15 is 0 Å². The lowest BCUT2D eigenvalue weighted by Crippen LogP contribution is -2.36. The second kappa shape index (κ2) is 10.6. The molecule has 0 bridgehead atoms. The molecule has 1 aliphatic heterocycles. The number of esters is 2. The zero-order chi connectivity index (χ0) is 22.4. The quantitative estimate of drug-likeness (QED) is 0.372. The van der Waals surface area contributed by atoms with Crippen LogP contribution in [0.15, 0.2) is 18.2 Å².